The molecule has 0 unspecified atom stereocenters. The van der Waals surface area contributed by atoms with Gasteiger partial charge in [0.05, 0.1) is 15.5 Å². The summed E-state index contributed by atoms with van der Waals surface area (Å²) in [6.07, 6.45) is -4.69. The highest BCUT2D eigenvalue weighted by molar-refractivity contribution is 6.31. The Morgan fingerprint density at radius 1 is 1.23 bits per heavy atom. The van der Waals surface area contributed by atoms with Gasteiger partial charge in [-0.2, -0.15) is 17.6 Å². The minimum atomic E-state index is -4.69. The van der Waals surface area contributed by atoms with Crippen molar-refractivity contribution in [1.29, 1.82) is 0 Å². The van der Waals surface area contributed by atoms with Crippen molar-refractivity contribution in [2.75, 3.05) is 11.9 Å². The molecule has 6 nitrogen and oxygen atoms in total. The van der Waals surface area contributed by atoms with Crippen LogP contribution in [0.5, 0.6) is 5.75 Å². The number of rotatable bonds is 5. The van der Waals surface area contributed by atoms with Crippen LogP contribution in [0.4, 0.5) is 28.9 Å². The van der Waals surface area contributed by atoms with Gasteiger partial charge < -0.3 is 10.1 Å². The molecule has 0 saturated heterocycles. The lowest BCUT2D eigenvalue weighted by molar-refractivity contribution is -0.387. The lowest BCUT2D eigenvalue weighted by Crippen LogP contribution is -2.20. The van der Waals surface area contributed by atoms with Gasteiger partial charge in [0, 0.05) is 17.8 Å². The fraction of sp³-hybridized carbons (Fsp3) is 0.133. The normalized spacial score (nSPS) is 11.1. The van der Waals surface area contributed by atoms with E-state index < -0.39 is 45.7 Å². The smallest absolute Gasteiger partial charge is 0.417 e. The van der Waals surface area contributed by atoms with Crippen molar-refractivity contribution in [2.24, 2.45) is 0 Å². The number of carbonyl (C=O) groups is 1. The zero-order valence-electron chi connectivity index (χ0n) is 12.6. The molecule has 0 aliphatic rings. The molecule has 0 atom stereocenters. The van der Waals surface area contributed by atoms with E-state index in [0.29, 0.717) is 6.07 Å². The Labute approximate surface area is 148 Å². The Balaban J connectivity index is 2.01. The number of alkyl halides is 3. The molecule has 2 aromatic carbocycles. The number of carbonyl (C=O) groups excluding carboxylic acids is 1. The summed E-state index contributed by atoms with van der Waals surface area (Å²) in [5, 5.41) is 12.1. The zero-order chi connectivity index (χ0) is 19.5. The van der Waals surface area contributed by atoms with Crippen LogP contribution >= 0.6 is 11.6 Å². The number of hydrogen-bond donors (Lipinski definition) is 1. The first-order chi connectivity index (χ1) is 12.1. The van der Waals surface area contributed by atoms with Crippen LogP contribution in [-0.2, 0) is 11.0 Å². The van der Waals surface area contributed by atoms with Crippen molar-refractivity contribution >= 4 is 28.9 Å². The molecule has 0 bridgehead atoms. The Hall–Kier alpha value is -2.88. The molecule has 0 spiro atoms. The van der Waals surface area contributed by atoms with Crippen LogP contribution in [0.3, 0.4) is 0 Å². The number of hydrogen-bond acceptors (Lipinski definition) is 4. The second-order valence-electron chi connectivity index (χ2n) is 4.90. The number of nitro benzene ring substituents is 1. The minimum absolute atomic E-state index is 0.157. The number of anilines is 1. The minimum Gasteiger partial charge on any atom is -0.484 e. The fourth-order valence-corrected chi connectivity index (χ4v) is 2.12. The Kier molecular flexibility index (Phi) is 5.66. The summed E-state index contributed by atoms with van der Waals surface area (Å²) in [7, 11) is 0. The number of ether oxygens (including phenoxy) is 1. The van der Waals surface area contributed by atoms with Crippen molar-refractivity contribution in [3.05, 3.63) is 62.9 Å². The number of nitrogens with one attached hydrogen (secondary N) is 1. The molecular weight excluding hydrogens is 384 g/mol. The molecule has 0 radical (unpaired) electrons. The van der Waals surface area contributed by atoms with Gasteiger partial charge in [-0.15, -0.1) is 0 Å². The molecule has 2 rings (SSSR count). The summed E-state index contributed by atoms with van der Waals surface area (Å²) in [5.41, 5.74) is -2.04. The highest BCUT2D eigenvalue weighted by Crippen LogP contribution is 2.36. The molecule has 1 N–H and O–H groups in total. The quantitative estimate of drug-likeness (QED) is 0.464. The number of benzene rings is 2. The molecule has 1 amide bonds. The predicted molar refractivity (Wildman–Crippen MR) is 83.6 cm³/mol. The molecule has 11 heteroatoms. The molecule has 0 saturated carbocycles. The van der Waals surface area contributed by atoms with Gasteiger partial charge >= 0.3 is 11.9 Å². The third-order valence-corrected chi connectivity index (χ3v) is 3.37. The Morgan fingerprint density at radius 3 is 2.50 bits per heavy atom. The van der Waals surface area contributed by atoms with Gasteiger partial charge in [0.25, 0.3) is 5.91 Å². The van der Waals surface area contributed by atoms with Gasteiger partial charge in [-0.1, -0.05) is 11.6 Å². The molecule has 0 aromatic heterocycles. The van der Waals surface area contributed by atoms with Crippen LogP contribution in [0.1, 0.15) is 5.56 Å². The first kappa shape index (κ1) is 19.4. The SMILES string of the molecule is O=C(COc1ccc([N+](=O)[O-])c(F)c1)Nc1ccc(Cl)c(C(F)(F)F)c1. The molecule has 0 aliphatic heterocycles. The van der Waals surface area contributed by atoms with Crippen molar-refractivity contribution in [3.8, 4) is 5.75 Å². The average Bonchev–Trinajstić information content (AvgIpc) is 2.53. The second kappa shape index (κ2) is 7.56. The van der Waals surface area contributed by atoms with Crippen molar-refractivity contribution in [2.45, 2.75) is 6.18 Å². The van der Waals surface area contributed by atoms with Gasteiger partial charge in [0.2, 0.25) is 5.82 Å². The number of nitro groups is 1. The maximum absolute atomic E-state index is 13.4. The van der Waals surface area contributed by atoms with Gasteiger partial charge in [0.1, 0.15) is 5.75 Å². The van der Waals surface area contributed by atoms with Crippen LogP contribution in [0.2, 0.25) is 5.02 Å². The standard InChI is InChI=1S/C15H9ClF4N2O4/c16-11-3-1-8(5-10(11)15(18,19)20)21-14(23)7-26-9-2-4-13(22(24)25)12(17)6-9/h1-6H,7H2,(H,21,23). The maximum Gasteiger partial charge on any atom is 0.417 e. The van der Waals surface area contributed by atoms with E-state index in [2.05, 4.69) is 5.32 Å². The lowest BCUT2D eigenvalue weighted by Gasteiger charge is -2.12. The zero-order valence-corrected chi connectivity index (χ0v) is 13.4. The summed E-state index contributed by atoms with van der Waals surface area (Å²) >= 11 is 5.47. The number of amides is 1. The average molecular weight is 393 g/mol. The van der Waals surface area contributed by atoms with E-state index in [1.165, 1.54) is 6.07 Å². The molecule has 138 valence electrons. The van der Waals surface area contributed by atoms with Crippen LogP contribution in [0.25, 0.3) is 0 Å². The summed E-state index contributed by atoms with van der Waals surface area (Å²) in [6, 6.07) is 5.46. The third-order valence-electron chi connectivity index (χ3n) is 3.04. The van der Waals surface area contributed by atoms with E-state index in [4.69, 9.17) is 16.3 Å². The van der Waals surface area contributed by atoms with Crippen LogP contribution < -0.4 is 10.1 Å². The van der Waals surface area contributed by atoms with E-state index in [0.717, 1.165) is 24.3 Å². The molecule has 0 heterocycles. The molecule has 26 heavy (non-hydrogen) atoms. The topological polar surface area (TPSA) is 81.5 Å². The predicted octanol–water partition coefficient (Wildman–Crippen LogP) is 4.42. The number of nitrogens with zero attached hydrogens (tertiary/aromatic N) is 1. The van der Waals surface area contributed by atoms with Gasteiger partial charge in [-0.05, 0) is 24.3 Å². The van der Waals surface area contributed by atoms with E-state index in [1.54, 1.807) is 0 Å². The highest BCUT2D eigenvalue weighted by Gasteiger charge is 2.33. The first-order valence-corrected chi connectivity index (χ1v) is 7.19. The summed E-state index contributed by atoms with van der Waals surface area (Å²) < 4.78 is 56.7. The molecule has 2 aromatic rings. The largest absolute Gasteiger partial charge is 0.484 e. The summed E-state index contributed by atoms with van der Waals surface area (Å²) in [4.78, 5) is 21.3. The summed E-state index contributed by atoms with van der Waals surface area (Å²) in [5.74, 6) is -2.13. The van der Waals surface area contributed by atoms with E-state index in [9.17, 15) is 32.5 Å². The highest BCUT2D eigenvalue weighted by atomic mass is 35.5. The third kappa shape index (κ3) is 4.82. The van der Waals surface area contributed by atoms with Gasteiger partial charge in [-0.3, -0.25) is 14.9 Å². The monoisotopic (exact) mass is 392 g/mol. The van der Waals surface area contributed by atoms with E-state index >= 15 is 0 Å². The molecule has 0 fully saturated rings. The Bertz CT molecular complexity index is 858. The molecule has 0 aliphatic carbocycles. The fourth-order valence-electron chi connectivity index (χ4n) is 1.89. The van der Waals surface area contributed by atoms with Gasteiger partial charge in [-0.25, -0.2) is 0 Å². The van der Waals surface area contributed by atoms with Gasteiger partial charge in [0.15, 0.2) is 6.61 Å². The van der Waals surface area contributed by atoms with Crippen molar-refractivity contribution in [1.82, 2.24) is 0 Å². The van der Waals surface area contributed by atoms with Crippen LogP contribution in [-0.4, -0.2) is 17.4 Å². The van der Waals surface area contributed by atoms with Crippen molar-refractivity contribution < 1.29 is 32.0 Å². The van der Waals surface area contributed by atoms with Crippen molar-refractivity contribution in [3.63, 3.8) is 0 Å². The van der Waals surface area contributed by atoms with Crippen LogP contribution in [0, 0.1) is 15.9 Å². The first-order valence-electron chi connectivity index (χ1n) is 6.81. The summed E-state index contributed by atoms with van der Waals surface area (Å²) in [6.45, 7) is -0.652. The maximum atomic E-state index is 13.4. The lowest BCUT2D eigenvalue weighted by atomic mass is 10.2. The second-order valence-corrected chi connectivity index (χ2v) is 5.31. The van der Waals surface area contributed by atoms with E-state index in [1.807, 2.05) is 0 Å². The molecular formula is C15H9ClF4N2O4. The number of halogens is 5. The van der Waals surface area contributed by atoms with E-state index in [-0.39, 0.29) is 11.4 Å². The van der Waals surface area contributed by atoms with Crippen LogP contribution in [0.15, 0.2) is 36.4 Å². The Morgan fingerprint density at radius 2 is 1.92 bits per heavy atom.